The number of hydrogen-bond acceptors (Lipinski definition) is 2. The molecule has 0 spiro atoms. The highest BCUT2D eigenvalue weighted by Gasteiger charge is 2.31. The van der Waals surface area contributed by atoms with Gasteiger partial charge in [0, 0.05) is 24.7 Å². The average molecular weight is 280 g/mol. The standard InChI is InChI=1S/C12H13ClF3NO/c13-8-9-7-10(12(14,15)16)1-2-11(9)17-3-5-18-6-4-17/h1-2,7H,3-6,8H2. The average Bonchev–Trinajstić information content (AvgIpc) is 2.38. The molecule has 1 aromatic carbocycles. The van der Waals surface area contributed by atoms with Crippen LogP contribution in [0, 0.1) is 0 Å². The molecule has 0 atom stereocenters. The normalized spacial score (nSPS) is 17.0. The molecule has 1 fully saturated rings. The maximum Gasteiger partial charge on any atom is 0.416 e. The molecular weight excluding hydrogens is 267 g/mol. The summed E-state index contributed by atoms with van der Waals surface area (Å²) in [6, 6.07) is 3.71. The zero-order chi connectivity index (χ0) is 13.2. The summed E-state index contributed by atoms with van der Waals surface area (Å²) >= 11 is 5.75. The minimum atomic E-state index is -4.33. The molecule has 6 heteroatoms. The molecule has 0 bridgehead atoms. The van der Waals surface area contributed by atoms with Crippen molar-refractivity contribution in [2.45, 2.75) is 12.1 Å². The molecule has 1 aliphatic rings. The Morgan fingerprint density at radius 2 is 1.89 bits per heavy atom. The molecule has 18 heavy (non-hydrogen) atoms. The number of alkyl halides is 4. The fourth-order valence-corrected chi connectivity index (χ4v) is 2.20. The number of anilines is 1. The van der Waals surface area contributed by atoms with E-state index in [1.807, 2.05) is 4.90 Å². The molecule has 0 aromatic heterocycles. The quantitative estimate of drug-likeness (QED) is 0.771. The number of halogens is 4. The predicted molar refractivity (Wildman–Crippen MR) is 64.0 cm³/mol. The van der Waals surface area contributed by atoms with Crippen LogP contribution in [-0.2, 0) is 16.8 Å². The van der Waals surface area contributed by atoms with Gasteiger partial charge in [0.2, 0.25) is 0 Å². The van der Waals surface area contributed by atoms with Gasteiger partial charge in [0.15, 0.2) is 0 Å². The lowest BCUT2D eigenvalue weighted by molar-refractivity contribution is -0.137. The van der Waals surface area contributed by atoms with Crippen LogP contribution in [0.25, 0.3) is 0 Å². The first-order chi connectivity index (χ1) is 8.52. The molecule has 0 aliphatic carbocycles. The first kappa shape index (κ1) is 13.5. The van der Waals surface area contributed by atoms with Gasteiger partial charge in [-0.15, -0.1) is 11.6 Å². The summed E-state index contributed by atoms with van der Waals surface area (Å²) in [5.74, 6) is 0.0661. The van der Waals surface area contributed by atoms with E-state index in [1.165, 1.54) is 6.07 Å². The molecule has 0 amide bonds. The van der Waals surface area contributed by atoms with Crippen LogP contribution in [0.4, 0.5) is 18.9 Å². The van der Waals surface area contributed by atoms with Crippen LogP contribution in [-0.4, -0.2) is 26.3 Å². The first-order valence-electron chi connectivity index (χ1n) is 5.61. The third kappa shape index (κ3) is 2.90. The van der Waals surface area contributed by atoms with Crippen LogP contribution in [0.15, 0.2) is 18.2 Å². The van der Waals surface area contributed by atoms with Crippen LogP contribution < -0.4 is 4.90 Å². The maximum absolute atomic E-state index is 12.6. The highest BCUT2D eigenvalue weighted by atomic mass is 35.5. The number of ether oxygens (including phenoxy) is 1. The van der Waals surface area contributed by atoms with E-state index >= 15 is 0 Å². The summed E-state index contributed by atoms with van der Waals surface area (Å²) in [5, 5.41) is 0. The zero-order valence-electron chi connectivity index (χ0n) is 9.63. The Morgan fingerprint density at radius 1 is 1.22 bits per heavy atom. The summed E-state index contributed by atoms with van der Waals surface area (Å²) in [6.45, 7) is 2.52. The van der Waals surface area contributed by atoms with Crippen molar-refractivity contribution >= 4 is 17.3 Å². The van der Waals surface area contributed by atoms with Crippen LogP contribution >= 0.6 is 11.6 Å². The molecule has 0 unspecified atom stereocenters. The van der Waals surface area contributed by atoms with Crippen molar-refractivity contribution in [3.05, 3.63) is 29.3 Å². The second-order valence-corrected chi connectivity index (χ2v) is 4.34. The highest BCUT2D eigenvalue weighted by molar-refractivity contribution is 6.17. The molecule has 2 nitrogen and oxygen atoms in total. The van der Waals surface area contributed by atoms with Crippen molar-refractivity contribution in [2.24, 2.45) is 0 Å². The summed E-state index contributed by atoms with van der Waals surface area (Å²) in [4.78, 5) is 2.00. The predicted octanol–water partition coefficient (Wildman–Crippen LogP) is 3.28. The third-order valence-corrected chi connectivity index (χ3v) is 3.19. The van der Waals surface area contributed by atoms with Crippen molar-refractivity contribution < 1.29 is 17.9 Å². The molecule has 1 saturated heterocycles. The molecule has 100 valence electrons. The van der Waals surface area contributed by atoms with Crippen LogP contribution in [0.5, 0.6) is 0 Å². The summed E-state index contributed by atoms with van der Waals surface area (Å²) in [6.07, 6.45) is -4.33. The van der Waals surface area contributed by atoms with Crippen molar-refractivity contribution in [3.8, 4) is 0 Å². The number of morpholine rings is 1. The number of rotatable bonds is 2. The first-order valence-corrected chi connectivity index (χ1v) is 6.14. The van der Waals surface area contributed by atoms with Gasteiger partial charge in [-0.1, -0.05) is 0 Å². The van der Waals surface area contributed by atoms with Gasteiger partial charge in [0.25, 0.3) is 0 Å². The van der Waals surface area contributed by atoms with E-state index in [0.717, 1.165) is 17.8 Å². The van der Waals surface area contributed by atoms with Gasteiger partial charge in [-0.25, -0.2) is 0 Å². The lowest BCUT2D eigenvalue weighted by Gasteiger charge is -2.30. The highest BCUT2D eigenvalue weighted by Crippen LogP contribution is 2.33. The fraction of sp³-hybridized carbons (Fsp3) is 0.500. The van der Waals surface area contributed by atoms with Crippen LogP contribution in [0.1, 0.15) is 11.1 Å². The van der Waals surface area contributed by atoms with Gasteiger partial charge in [0.1, 0.15) is 0 Å². The summed E-state index contributed by atoms with van der Waals surface area (Å²) in [5.41, 5.74) is 0.616. The molecule has 1 aliphatic heterocycles. The van der Waals surface area contributed by atoms with Crippen molar-refractivity contribution in [3.63, 3.8) is 0 Å². The molecular formula is C12H13ClF3NO. The SMILES string of the molecule is FC(F)(F)c1ccc(N2CCOCC2)c(CCl)c1. The monoisotopic (exact) mass is 279 g/mol. The summed E-state index contributed by atoms with van der Waals surface area (Å²) in [7, 11) is 0. The molecule has 0 radical (unpaired) electrons. The Labute approximate surface area is 108 Å². The minimum Gasteiger partial charge on any atom is -0.378 e. The lowest BCUT2D eigenvalue weighted by Crippen LogP contribution is -2.36. The molecule has 2 rings (SSSR count). The van der Waals surface area contributed by atoms with Crippen molar-refractivity contribution in [1.82, 2.24) is 0 Å². The largest absolute Gasteiger partial charge is 0.416 e. The van der Waals surface area contributed by atoms with E-state index in [-0.39, 0.29) is 5.88 Å². The van der Waals surface area contributed by atoms with Crippen molar-refractivity contribution in [1.29, 1.82) is 0 Å². The Morgan fingerprint density at radius 3 is 2.44 bits per heavy atom. The second kappa shape index (κ2) is 5.36. The summed E-state index contributed by atoms with van der Waals surface area (Å²) < 4.78 is 43.0. The maximum atomic E-state index is 12.6. The molecule has 0 N–H and O–H groups in total. The van der Waals surface area contributed by atoms with Gasteiger partial charge in [0.05, 0.1) is 18.8 Å². The third-order valence-electron chi connectivity index (χ3n) is 2.90. The van der Waals surface area contributed by atoms with Crippen molar-refractivity contribution in [2.75, 3.05) is 31.2 Å². The van der Waals surface area contributed by atoms with Gasteiger partial charge in [-0.2, -0.15) is 13.2 Å². The van der Waals surface area contributed by atoms with Gasteiger partial charge in [-0.05, 0) is 23.8 Å². The fourth-order valence-electron chi connectivity index (χ4n) is 1.98. The smallest absolute Gasteiger partial charge is 0.378 e. The Kier molecular flexibility index (Phi) is 4.02. The Bertz CT molecular complexity index is 416. The Balaban J connectivity index is 2.30. The Hall–Kier alpha value is -0.940. The number of benzene rings is 1. The van der Waals surface area contributed by atoms with Gasteiger partial charge < -0.3 is 9.64 Å². The van der Waals surface area contributed by atoms with E-state index in [2.05, 4.69) is 0 Å². The van der Waals surface area contributed by atoms with Crippen LogP contribution in [0.2, 0.25) is 0 Å². The van der Waals surface area contributed by atoms with E-state index in [9.17, 15) is 13.2 Å². The second-order valence-electron chi connectivity index (χ2n) is 4.07. The topological polar surface area (TPSA) is 12.5 Å². The van der Waals surface area contributed by atoms with Crippen LogP contribution in [0.3, 0.4) is 0 Å². The lowest BCUT2D eigenvalue weighted by atomic mass is 10.1. The molecule has 0 saturated carbocycles. The van der Waals surface area contributed by atoms with Gasteiger partial charge >= 0.3 is 6.18 Å². The number of nitrogens with zero attached hydrogens (tertiary/aromatic N) is 1. The number of hydrogen-bond donors (Lipinski definition) is 0. The van der Waals surface area contributed by atoms with E-state index in [1.54, 1.807) is 0 Å². The molecule has 1 aromatic rings. The van der Waals surface area contributed by atoms with E-state index in [0.29, 0.717) is 31.9 Å². The zero-order valence-corrected chi connectivity index (χ0v) is 10.4. The van der Waals surface area contributed by atoms with E-state index < -0.39 is 11.7 Å². The minimum absolute atomic E-state index is 0.0661. The van der Waals surface area contributed by atoms with E-state index in [4.69, 9.17) is 16.3 Å². The van der Waals surface area contributed by atoms with Gasteiger partial charge in [-0.3, -0.25) is 0 Å². The molecule has 1 heterocycles.